The molecule has 0 saturated carbocycles. The number of aliphatic imine (C=N–C) groups is 1. The first-order chi connectivity index (χ1) is 14.1. The summed E-state index contributed by atoms with van der Waals surface area (Å²) in [6, 6.07) is 10.2. The molecule has 0 amide bonds. The number of benzene rings is 2. The quantitative estimate of drug-likeness (QED) is 0.209. The summed E-state index contributed by atoms with van der Waals surface area (Å²) in [5.41, 5.74) is 9.44. The predicted molar refractivity (Wildman–Crippen MR) is 104 cm³/mol. The first-order valence-corrected chi connectivity index (χ1v) is 8.33. The third-order valence-electron chi connectivity index (χ3n) is 3.67. The molecule has 0 aromatic heterocycles. The highest BCUT2D eigenvalue weighted by Gasteiger charge is 2.31. The van der Waals surface area contributed by atoms with E-state index in [2.05, 4.69) is 10.3 Å². The minimum Gasteiger partial charge on any atom is -0.405 e. The highest BCUT2D eigenvalue weighted by molar-refractivity contribution is 6.62. The maximum Gasteiger partial charge on any atom is 0.416 e. The molecule has 0 aliphatic rings. The summed E-state index contributed by atoms with van der Waals surface area (Å²) in [4.78, 5) is 27.8. The van der Waals surface area contributed by atoms with Crippen molar-refractivity contribution in [1.82, 2.24) is 0 Å². The number of ketones is 2. The standard InChI is InChI=1S/C20H16F4N4O2/c21-14-10-12(20(22,23)24)6-7-15(14)27-11-17(29)19(30)18(26)16(8-9-25)28-13-4-2-1-3-5-13/h1-11,28H,25-26H2. The first-order valence-electron chi connectivity index (χ1n) is 8.33. The normalized spacial score (nSPS) is 12.8. The van der Waals surface area contributed by atoms with Crippen LogP contribution in [0.4, 0.5) is 28.9 Å². The van der Waals surface area contributed by atoms with E-state index in [0.29, 0.717) is 18.0 Å². The maximum absolute atomic E-state index is 13.8. The number of nitrogens with zero attached hydrogens (tertiary/aromatic N) is 1. The zero-order valence-electron chi connectivity index (χ0n) is 15.3. The molecular formula is C20H16F4N4O2. The highest BCUT2D eigenvalue weighted by atomic mass is 19.4. The van der Waals surface area contributed by atoms with Crippen molar-refractivity contribution in [1.29, 1.82) is 0 Å². The van der Waals surface area contributed by atoms with E-state index in [1.807, 2.05) is 0 Å². The van der Waals surface area contributed by atoms with Crippen molar-refractivity contribution in [2.45, 2.75) is 6.18 Å². The molecule has 30 heavy (non-hydrogen) atoms. The van der Waals surface area contributed by atoms with Gasteiger partial charge in [0.05, 0.1) is 23.2 Å². The zero-order valence-corrected chi connectivity index (χ0v) is 15.3. The van der Waals surface area contributed by atoms with Gasteiger partial charge in [-0.2, -0.15) is 13.2 Å². The van der Waals surface area contributed by atoms with Crippen LogP contribution in [0.1, 0.15) is 5.56 Å². The number of carbonyl (C=O) groups excluding carboxylic acids is 2. The van der Waals surface area contributed by atoms with Crippen LogP contribution in [-0.4, -0.2) is 17.8 Å². The van der Waals surface area contributed by atoms with Crippen LogP contribution in [0.15, 0.2) is 77.2 Å². The minimum absolute atomic E-state index is 0.0381. The maximum atomic E-state index is 13.8. The van der Waals surface area contributed by atoms with E-state index in [1.165, 1.54) is 6.08 Å². The second kappa shape index (κ2) is 9.50. The lowest BCUT2D eigenvalue weighted by Crippen LogP contribution is -2.25. The number of carbonyl (C=O) groups is 2. The lowest BCUT2D eigenvalue weighted by Gasteiger charge is -2.10. The SMILES string of the molecule is NC=CC(Nc1ccccc1)=C(N)C(=O)C(=O)C=Nc1ccc(C(F)(F)F)cc1F. The van der Waals surface area contributed by atoms with Crippen molar-refractivity contribution in [3.8, 4) is 0 Å². The molecule has 2 aromatic rings. The number of Topliss-reactive ketones (excluding diaryl/α,β-unsaturated/α-hetero) is 2. The average Bonchev–Trinajstić information content (AvgIpc) is 2.71. The van der Waals surface area contributed by atoms with Gasteiger partial charge in [0.25, 0.3) is 5.78 Å². The second-order valence-electron chi connectivity index (χ2n) is 5.79. The summed E-state index contributed by atoms with van der Waals surface area (Å²) in [6.45, 7) is 0. The number of nitrogens with two attached hydrogens (primary N) is 2. The molecule has 0 aliphatic carbocycles. The monoisotopic (exact) mass is 420 g/mol. The van der Waals surface area contributed by atoms with Crippen LogP contribution in [0.2, 0.25) is 0 Å². The lowest BCUT2D eigenvalue weighted by molar-refractivity contribution is -0.137. The molecule has 0 saturated heterocycles. The van der Waals surface area contributed by atoms with Gasteiger partial charge in [-0.25, -0.2) is 9.38 Å². The van der Waals surface area contributed by atoms with E-state index in [0.717, 1.165) is 12.3 Å². The van der Waals surface area contributed by atoms with Crippen molar-refractivity contribution in [3.63, 3.8) is 0 Å². The highest BCUT2D eigenvalue weighted by Crippen LogP contribution is 2.31. The van der Waals surface area contributed by atoms with Crippen molar-refractivity contribution in [3.05, 3.63) is 83.6 Å². The van der Waals surface area contributed by atoms with Crippen LogP contribution in [0.5, 0.6) is 0 Å². The Morgan fingerprint density at radius 3 is 2.30 bits per heavy atom. The number of alkyl halides is 3. The molecule has 0 aliphatic heterocycles. The number of hydrogen-bond acceptors (Lipinski definition) is 6. The Labute approximate surface area is 168 Å². The average molecular weight is 420 g/mol. The van der Waals surface area contributed by atoms with Gasteiger partial charge in [-0.1, -0.05) is 18.2 Å². The van der Waals surface area contributed by atoms with Crippen molar-refractivity contribution >= 4 is 29.2 Å². The van der Waals surface area contributed by atoms with Gasteiger partial charge in [0.1, 0.15) is 11.5 Å². The third kappa shape index (κ3) is 5.77. The van der Waals surface area contributed by atoms with E-state index >= 15 is 0 Å². The van der Waals surface area contributed by atoms with Gasteiger partial charge in [-0.15, -0.1) is 0 Å². The third-order valence-corrected chi connectivity index (χ3v) is 3.67. The number of para-hydroxylation sites is 1. The zero-order chi connectivity index (χ0) is 22.3. The Hall–Kier alpha value is -3.95. The molecule has 0 radical (unpaired) electrons. The number of hydrogen-bond donors (Lipinski definition) is 3. The number of rotatable bonds is 7. The summed E-state index contributed by atoms with van der Waals surface area (Å²) in [5.74, 6) is -3.67. The lowest BCUT2D eigenvalue weighted by atomic mass is 10.1. The minimum atomic E-state index is -4.73. The van der Waals surface area contributed by atoms with Crippen LogP contribution in [0.25, 0.3) is 0 Å². The molecular weight excluding hydrogens is 404 g/mol. The number of halogens is 4. The molecule has 10 heteroatoms. The topological polar surface area (TPSA) is 111 Å². The van der Waals surface area contributed by atoms with E-state index in [-0.39, 0.29) is 11.8 Å². The molecule has 2 aromatic carbocycles. The van der Waals surface area contributed by atoms with E-state index < -0.39 is 40.5 Å². The van der Waals surface area contributed by atoms with Gasteiger partial charge >= 0.3 is 6.18 Å². The molecule has 0 heterocycles. The first kappa shape index (κ1) is 22.3. The molecule has 0 bridgehead atoms. The fraction of sp³-hybridized carbons (Fsp3) is 0.0500. The van der Waals surface area contributed by atoms with Crippen LogP contribution >= 0.6 is 0 Å². The van der Waals surface area contributed by atoms with Crippen LogP contribution in [0.3, 0.4) is 0 Å². The fourth-order valence-electron chi connectivity index (χ4n) is 2.20. The largest absolute Gasteiger partial charge is 0.416 e. The molecule has 0 atom stereocenters. The Bertz CT molecular complexity index is 1030. The van der Waals surface area contributed by atoms with Crippen LogP contribution in [-0.2, 0) is 15.8 Å². The molecule has 5 N–H and O–H groups in total. The molecule has 6 nitrogen and oxygen atoms in total. The van der Waals surface area contributed by atoms with Crippen molar-refractivity contribution < 1.29 is 27.2 Å². The molecule has 2 rings (SSSR count). The van der Waals surface area contributed by atoms with Gasteiger partial charge in [0.2, 0.25) is 5.78 Å². The summed E-state index contributed by atoms with van der Waals surface area (Å²) in [6.07, 6.45) is -1.89. The Morgan fingerprint density at radius 1 is 1.07 bits per heavy atom. The molecule has 156 valence electrons. The van der Waals surface area contributed by atoms with Crippen molar-refractivity contribution in [2.75, 3.05) is 5.32 Å². The Morgan fingerprint density at radius 2 is 1.73 bits per heavy atom. The molecule has 0 fully saturated rings. The van der Waals surface area contributed by atoms with Gasteiger partial charge in [0.15, 0.2) is 0 Å². The predicted octanol–water partition coefficient (Wildman–Crippen LogP) is 3.44. The number of allylic oxidation sites excluding steroid dienone is 2. The Kier molecular flexibility index (Phi) is 7.08. The van der Waals surface area contributed by atoms with Crippen molar-refractivity contribution in [2.24, 2.45) is 16.5 Å². The number of anilines is 1. The smallest absolute Gasteiger partial charge is 0.405 e. The summed E-state index contributed by atoms with van der Waals surface area (Å²) < 4.78 is 51.5. The number of nitrogens with one attached hydrogen (secondary N) is 1. The second-order valence-corrected chi connectivity index (χ2v) is 5.79. The van der Waals surface area contributed by atoms with Gasteiger partial charge in [-0.3, -0.25) is 9.59 Å². The van der Waals surface area contributed by atoms with Gasteiger partial charge < -0.3 is 16.8 Å². The van der Waals surface area contributed by atoms with Gasteiger partial charge in [0, 0.05) is 5.69 Å². The van der Waals surface area contributed by atoms with Crippen LogP contribution in [0, 0.1) is 5.82 Å². The summed E-state index contributed by atoms with van der Waals surface area (Å²) >= 11 is 0. The molecule has 0 unspecified atom stereocenters. The van der Waals surface area contributed by atoms with E-state index in [9.17, 15) is 27.2 Å². The summed E-state index contributed by atoms with van der Waals surface area (Å²) in [5, 5.41) is 2.82. The van der Waals surface area contributed by atoms with Crippen LogP contribution < -0.4 is 16.8 Å². The Balaban J connectivity index is 2.22. The summed E-state index contributed by atoms with van der Waals surface area (Å²) in [7, 11) is 0. The van der Waals surface area contributed by atoms with E-state index in [1.54, 1.807) is 30.3 Å². The molecule has 0 spiro atoms. The fourth-order valence-corrected chi connectivity index (χ4v) is 2.20. The van der Waals surface area contributed by atoms with Gasteiger partial charge in [-0.05, 0) is 42.6 Å². The van der Waals surface area contributed by atoms with E-state index in [4.69, 9.17) is 11.5 Å².